The first-order valence-corrected chi connectivity index (χ1v) is 5.37. The van der Waals surface area contributed by atoms with Gasteiger partial charge < -0.3 is 0 Å². The van der Waals surface area contributed by atoms with E-state index in [9.17, 15) is 9.18 Å². The number of rotatable bonds is 2. The summed E-state index contributed by atoms with van der Waals surface area (Å²) in [4.78, 5) is 12.2. The molecule has 0 bridgehead atoms. The number of carbonyl (C=O) groups excluding carboxylic acids is 1. The molecule has 2 aromatic rings. The molecule has 0 atom stereocenters. The lowest BCUT2D eigenvalue weighted by Crippen LogP contribution is -2.10. The van der Waals surface area contributed by atoms with Crippen LogP contribution in [0.3, 0.4) is 0 Å². The molecule has 0 aliphatic heterocycles. The van der Waals surface area contributed by atoms with Gasteiger partial charge in [-0.3, -0.25) is 9.48 Å². The first-order chi connectivity index (χ1) is 8.00. The highest BCUT2D eigenvalue weighted by atomic mass is 35.5. The van der Waals surface area contributed by atoms with E-state index in [1.54, 1.807) is 20.0 Å². The fourth-order valence-corrected chi connectivity index (χ4v) is 1.88. The van der Waals surface area contributed by atoms with Gasteiger partial charge in [0.2, 0.25) is 5.78 Å². The fraction of sp³-hybridized carbons (Fsp3) is 0.167. The number of carbonyl (C=O) groups is 1. The summed E-state index contributed by atoms with van der Waals surface area (Å²) in [6.07, 6.45) is 1.39. The standard InChI is InChI=1S/C12H10ClFN2O/c1-7-3-4-8(14)5-9(7)12(17)11-10(13)6-15-16(11)2/h3-6H,1-2H3. The first-order valence-electron chi connectivity index (χ1n) is 4.99. The van der Waals surface area contributed by atoms with E-state index in [1.807, 2.05) is 0 Å². The molecule has 0 unspecified atom stereocenters. The maximum Gasteiger partial charge on any atom is 0.212 e. The van der Waals surface area contributed by atoms with Crippen LogP contribution in [0.15, 0.2) is 24.4 Å². The second kappa shape index (κ2) is 4.30. The lowest BCUT2D eigenvalue weighted by Gasteiger charge is -2.06. The van der Waals surface area contributed by atoms with Gasteiger partial charge in [-0.05, 0) is 24.6 Å². The smallest absolute Gasteiger partial charge is 0.212 e. The molecule has 2 rings (SSSR count). The van der Waals surface area contributed by atoms with Crippen LogP contribution in [0.2, 0.25) is 5.02 Å². The summed E-state index contributed by atoms with van der Waals surface area (Å²) in [6, 6.07) is 4.09. The maximum absolute atomic E-state index is 13.1. The third-order valence-corrected chi connectivity index (χ3v) is 2.83. The molecule has 1 aromatic carbocycles. The number of aromatic nitrogens is 2. The molecular weight excluding hydrogens is 243 g/mol. The van der Waals surface area contributed by atoms with Crippen LogP contribution in [0.25, 0.3) is 0 Å². The SMILES string of the molecule is Cc1ccc(F)cc1C(=O)c1c(Cl)cnn1C. The van der Waals surface area contributed by atoms with Crippen molar-refractivity contribution in [3.8, 4) is 0 Å². The maximum atomic E-state index is 13.1. The predicted octanol–water partition coefficient (Wildman–Crippen LogP) is 2.75. The quantitative estimate of drug-likeness (QED) is 0.771. The van der Waals surface area contributed by atoms with Crippen LogP contribution in [0.5, 0.6) is 0 Å². The van der Waals surface area contributed by atoms with Gasteiger partial charge >= 0.3 is 0 Å². The zero-order valence-corrected chi connectivity index (χ0v) is 10.1. The van der Waals surface area contributed by atoms with Crippen molar-refractivity contribution in [2.45, 2.75) is 6.92 Å². The monoisotopic (exact) mass is 252 g/mol. The minimum atomic E-state index is -0.447. The summed E-state index contributed by atoms with van der Waals surface area (Å²) >= 11 is 5.88. The third-order valence-electron chi connectivity index (χ3n) is 2.55. The topological polar surface area (TPSA) is 34.9 Å². The van der Waals surface area contributed by atoms with Crippen molar-refractivity contribution < 1.29 is 9.18 Å². The van der Waals surface area contributed by atoms with Crippen LogP contribution in [0.4, 0.5) is 4.39 Å². The summed E-state index contributed by atoms with van der Waals surface area (Å²) in [5.74, 6) is -0.774. The molecule has 1 heterocycles. The van der Waals surface area contributed by atoms with Crippen molar-refractivity contribution in [3.05, 3.63) is 52.1 Å². The second-order valence-corrected chi connectivity index (χ2v) is 4.16. The van der Waals surface area contributed by atoms with E-state index in [-0.39, 0.29) is 16.5 Å². The average Bonchev–Trinajstić information content (AvgIpc) is 2.61. The van der Waals surface area contributed by atoms with E-state index in [4.69, 9.17) is 11.6 Å². The summed E-state index contributed by atoms with van der Waals surface area (Å²) < 4.78 is 14.5. The zero-order chi connectivity index (χ0) is 12.6. The number of hydrogen-bond acceptors (Lipinski definition) is 2. The van der Waals surface area contributed by atoms with Crippen LogP contribution in [0, 0.1) is 12.7 Å². The zero-order valence-electron chi connectivity index (χ0n) is 9.37. The molecule has 17 heavy (non-hydrogen) atoms. The molecular formula is C12H10ClFN2O. The molecule has 1 aromatic heterocycles. The van der Waals surface area contributed by atoms with Gasteiger partial charge in [-0.15, -0.1) is 0 Å². The lowest BCUT2D eigenvalue weighted by atomic mass is 10.0. The van der Waals surface area contributed by atoms with Crippen molar-refractivity contribution in [2.75, 3.05) is 0 Å². The Labute approximate surface area is 103 Å². The van der Waals surface area contributed by atoms with Crippen molar-refractivity contribution in [3.63, 3.8) is 0 Å². The second-order valence-electron chi connectivity index (χ2n) is 3.75. The van der Waals surface area contributed by atoms with Gasteiger partial charge in [0.1, 0.15) is 11.5 Å². The minimum absolute atomic E-state index is 0.264. The number of aryl methyl sites for hydroxylation is 2. The van der Waals surface area contributed by atoms with Crippen molar-refractivity contribution in [2.24, 2.45) is 7.05 Å². The van der Waals surface area contributed by atoms with Crippen molar-refractivity contribution >= 4 is 17.4 Å². The Kier molecular flexibility index (Phi) is 2.98. The van der Waals surface area contributed by atoms with Gasteiger partial charge in [-0.2, -0.15) is 5.10 Å². The number of hydrogen-bond donors (Lipinski definition) is 0. The highest BCUT2D eigenvalue weighted by Crippen LogP contribution is 2.20. The molecule has 0 aliphatic carbocycles. The molecule has 0 fully saturated rings. The van der Waals surface area contributed by atoms with Crippen molar-refractivity contribution in [1.29, 1.82) is 0 Å². The summed E-state index contributed by atoms with van der Waals surface area (Å²) in [7, 11) is 1.62. The summed E-state index contributed by atoms with van der Waals surface area (Å²) in [5.41, 5.74) is 1.27. The Morgan fingerprint density at radius 3 is 2.76 bits per heavy atom. The Hall–Kier alpha value is -1.68. The summed E-state index contributed by atoms with van der Waals surface area (Å²) in [6.45, 7) is 1.75. The molecule has 5 heteroatoms. The highest BCUT2D eigenvalue weighted by molar-refractivity contribution is 6.34. The molecule has 0 saturated heterocycles. The highest BCUT2D eigenvalue weighted by Gasteiger charge is 2.19. The van der Waals surface area contributed by atoms with Crippen LogP contribution < -0.4 is 0 Å². The first kappa shape index (κ1) is 11.8. The molecule has 0 aliphatic rings. The molecule has 0 saturated carbocycles. The van der Waals surface area contributed by atoms with Gasteiger partial charge in [0.05, 0.1) is 11.2 Å². The van der Waals surface area contributed by atoms with E-state index in [1.165, 1.54) is 23.0 Å². The normalized spacial score (nSPS) is 10.6. The number of ketones is 1. The molecule has 3 nitrogen and oxygen atoms in total. The van der Waals surface area contributed by atoms with Gasteiger partial charge in [-0.1, -0.05) is 17.7 Å². The predicted molar refractivity (Wildman–Crippen MR) is 62.8 cm³/mol. The number of nitrogens with zero attached hydrogens (tertiary/aromatic N) is 2. The van der Waals surface area contributed by atoms with E-state index in [0.717, 1.165) is 0 Å². The molecule has 0 radical (unpaired) electrons. The number of halogens is 2. The van der Waals surface area contributed by atoms with E-state index in [2.05, 4.69) is 5.10 Å². The third kappa shape index (κ3) is 2.08. The fourth-order valence-electron chi connectivity index (χ4n) is 1.63. The Bertz CT molecular complexity index is 573. The molecule has 0 amide bonds. The Balaban J connectivity index is 2.55. The van der Waals surface area contributed by atoms with Crippen LogP contribution in [-0.4, -0.2) is 15.6 Å². The van der Waals surface area contributed by atoms with Crippen LogP contribution in [0.1, 0.15) is 21.6 Å². The molecule has 0 N–H and O–H groups in total. The van der Waals surface area contributed by atoms with E-state index >= 15 is 0 Å². The van der Waals surface area contributed by atoms with Gasteiger partial charge in [0.25, 0.3) is 0 Å². The Morgan fingerprint density at radius 1 is 1.47 bits per heavy atom. The van der Waals surface area contributed by atoms with Crippen LogP contribution in [-0.2, 0) is 7.05 Å². The van der Waals surface area contributed by atoms with Crippen molar-refractivity contribution in [1.82, 2.24) is 9.78 Å². The average molecular weight is 253 g/mol. The molecule has 88 valence electrons. The Morgan fingerprint density at radius 2 is 2.18 bits per heavy atom. The van der Waals surface area contributed by atoms with Crippen LogP contribution >= 0.6 is 11.6 Å². The summed E-state index contributed by atoms with van der Waals surface area (Å²) in [5, 5.41) is 4.15. The van der Waals surface area contributed by atoms with Gasteiger partial charge in [0, 0.05) is 12.6 Å². The molecule has 0 spiro atoms. The minimum Gasteiger partial charge on any atom is -0.287 e. The lowest BCUT2D eigenvalue weighted by molar-refractivity contribution is 0.102. The number of benzene rings is 1. The van der Waals surface area contributed by atoms with E-state index < -0.39 is 5.82 Å². The largest absolute Gasteiger partial charge is 0.287 e. The van der Waals surface area contributed by atoms with Gasteiger partial charge in [-0.25, -0.2) is 4.39 Å². The van der Waals surface area contributed by atoms with E-state index in [0.29, 0.717) is 11.1 Å². The van der Waals surface area contributed by atoms with Gasteiger partial charge in [0.15, 0.2) is 0 Å².